The van der Waals surface area contributed by atoms with Gasteiger partial charge in [0.05, 0.1) is 10.2 Å². The highest BCUT2D eigenvalue weighted by atomic mass is 32.1. The van der Waals surface area contributed by atoms with Crippen molar-refractivity contribution >= 4 is 32.6 Å². The molecule has 0 unspecified atom stereocenters. The van der Waals surface area contributed by atoms with Crippen molar-refractivity contribution in [2.45, 2.75) is 27.3 Å². The molecule has 1 amide bonds. The van der Waals surface area contributed by atoms with E-state index < -0.39 is 0 Å². The molecule has 0 saturated carbocycles. The van der Waals surface area contributed by atoms with Crippen LogP contribution in [0.4, 0.5) is 5.13 Å². The van der Waals surface area contributed by atoms with Gasteiger partial charge >= 0.3 is 0 Å². The van der Waals surface area contributed by atoms with Gasteiger partial charge in [0.2, 0.25) is 0 Å². The summed E-state index contributed by atoms with van der Waals surface area (Å²) in [6.45, 7) is 6.72. The normalized spacial score (nSPS) is 11.0. The molecule has 0 aliphatic heterocycles. The second-order valence-electron chi connectivity index (χ2n) is 4.93. The number of nitrogens with one attached hydrogen (secondary N) is 1. The van der Waals surface area contributed by atoms with E-state index in [1.807, 2.05) is 32.9 Å². The number of benzene rings is 1. The summed E-state index contributed by atoms with van der Waals surface area (Å²) < 4.78 is 2.87. The minimum absolute atomic E-state index is 0.221. The van der Waals surface area contributed by atoms with Gasteiger partial charge in [-0.3, -0.25) is 14.8 Å². The van der Waals surface area contributed by atoms with Crippen LogP contribution in [0.1, 0.15) is 28.7 Å². The number of thiazole rings is 1. The summed E-state index contributed by atoms with van der Waals surface area (Å²) in [6, 6.07) is 7.83. The molecule has 2 aromatic heterocycles. The molecule has 1 aromatic carbocycles. The largest absolute Gasteiger partial charge is 0.296 e. The quantitative estimate of drug-likeness (QED) is 0.806. The van der Waals surface area contributed by atoms with Crippen molar-refractivity contribution in [2.75, 3.05) is 5.32 Å². The fourth-order valence-electron chi connectivity index (χ4n) is 2.19. The van der Waals surface area contributed by atoms with E-state index in [2.05, 4.69) is 21.5 Å². The second-order valence-corrected chi connectivity index (χ2v) is 5.96. The number of hydrogen-bond donors (Lipinski definition) is 1. The first-order valence-electron chi connectivity index (χ1n) is 6.80. The van der Waals surface area contributed by atoms with E-state index >= 15 is 0 Å². The van der Waals surface area contributed by atoms with Gasteiger partial charge in [-0.25, -0.2) is 4.98 Å². The smallest absolute Gasteiger partial charge is 0.277 e. The van der Waals surface area contributed by atoms with E-state index in [-0.39, 0.29) is 5.91 Å². The molecule has 3 aromatic rings. The Morgan fingerprint density at radius 1 is 1.33 bits per heavy atom. The average molecular weight is 300 g/mol. The summed E-state index contributed by atoms with van der Waals surface area (Å²) in [5.41, 5.74) is 3.48. The number of anilines is 1. The molecule has 5 nitrogen and oxygen atoms in total. The molecule has 0 aliphatic rings. The molecule has 0 radical (unpaired) electrons. The number of aryl methyl sites for hydroxylation is 3. The predicted octanol–water partition coefficient (Wildman–Crippen LogP) is 3.38. The van der Waals surface area contributed by atoms with E-state index in [9.17, 15) is 4.79 Å². The average Bonchev–Trinajstić information content (AvgIpc) is 3.01. The lowest BCUT2D eigenvalue weighted by Crippen LogP contribution is -2.13. The van der Waals surface area contributed by atoms with Crippen LogP contribution in [0.3, 0.4) is 0 Å². The Balaban J connectivity index is 1.85. The maximum atomic E-state index is 12.2. The molecule has 0 aliphatic carbocycles. The van der Waals surface area contributed by atoms with E-state index in [1.165, 1.54) is 16.9 Å². The SMILES string of the molecule is CCn1nc(C(=O)Nc2nc3ccc(C)cc3s2)cc1C. The van der Waals surface area contributed by atoms with Crippen molar-refractivity contribution in [2.24, 2.45) is 0 Å². The third kappa shape index (κ3) is 2.67. The minimum Gasteiger partial charge on any atom is -0.296 e. The molecule has 3 rings (SSSR count). The Labute approximate surface area is 126 Å². The Hall–Kier alpha value is -2.21. The Bertz CT molecular complexity index is 818. The van der Waals surface area contributed by atoms with Gasteiger partial charge in [0.25, 0.3) is 5.91 Å². The topological polar surface area (TPSA) is 59.8 Å². The summed E-state index contributed by atoms with van der Waals surface area (Å²) in [7, 11) is 0. The number of rotatable bonds is 3. The number of nitrogens with zero attached hydrogens (tertiary/aromatic N) is 3. The van der Waals surface area contributed by atoms with Gasteiger partial charge in [-0.15, -0.1) is 0 Å². The van der Waals surface area contributed by atoms with Crippen LogP contribution < -0.4 is 5.32 Å². The third-order valence-electron chi connectivity index (χ3n) is 3.28. The first kappa shape index (κ1) is 13.8. The fourth-order valence-corrected chi connectivity index (χ4v) is 3.15. The summed E-state index contributed by atoms with van der Waals surface area (Å²) in [6.07, 6.45) is 0. The Morgan fingerprint density at radius 2 is 2.14 bits per heavy atom. The van der Waals surface area contributed by atoms with Crippen molar-refractivity contribution in [3.63, 3.8) is 0 Å². The number of carbonyl (C=O) groups excluding carboxylic acids is 1. The summed E-state index contributed by atoms with van der Waals surface area (Å²) in [4.78, 5) is 16.6. The van der Waals surface area contributed by atoms with Crippen molar-refractivity contribution in [1.29, 1.82) is 0 Å². The number of fused-ring (bicyclic) bond motifs is 1. The predicted molar refractivity (Wildman–Crippen MR) is 84.9 cm³/mol. The fraction of sp³-hybridized carbons (Fsp3) is 0.267. The van der Waals surface area contributed by atoms with Crippen LogP contribution in [0.5, 0.6) is 0 Å². The zero-order chi connectivity index (χ0) is 15.0. The first-order valence-corrected chi connectivity index (χ1v) is 7.61. The van der Waals surface area contributed by atoms with E-state index in [4.69, 9.17) is 0 Å². The standard InChI is InChI=1S/C15H16N4OS/c1-4-19-10(3)8-12(18-19)14(20)17-15-16-11-6-5-9(2)7-13(11)21-15/h5-8H,4H2,1-3H3,(H,16,17,20). The van der Waals surface area contributed by atoms with Gasteiger partial charge in [0, 0.05) is 12.2 Å². The Morgan fingerprint density at radius 3 is 2.86 bits per heavy atom. The van der Waals surface area contributed by atoms with Crippen molar-refractivity contribution in [3.8, 4) is 0 Å². The van der Waals surface area contributed by atoms with Gasteiger partial charge < -0.3 is 0 Å². The van der Waals surface area contributed by atoms with Crippen LogP contribution in [-0.2, 0) is 6.54 Å². The van der Waals surface area contributed by atoms with E-state index in [0.717, 1.165) is 22.5 Å². The second kappa shape index (κ2) is 5.29. The highest BCUT2D eigenvalue weighted by Gasteiger charge is 2.14. The lowest BCUT2D eigenvalue weighted by atomic mass is 10.2. The zero-order valence-corrected chi connectivity index (χ0v) is 13.0. The van der Waals surface area contributed by atoms with Gasteiger partial charge in [-0.05, 0) is 44.5 Å². The zero-order valence-electron chi connectivity index (χ0n) is 12.2. The number of carbonyl (C=O) groups is 1. The van der Waals surface area contributed by atoms with Crippen LogP contribution in [-0.4, -0.2) is 20.7 Å². The molecule has 0 spiro atoms. The van der Waals surface area contributed by atoms with Crippen molar-refractivity contribution in [1.82, 2.24) is 14.8 Å². The minimum atomic E-state index is -0.221. The highest BCUT2D eigenvalue weighted by Crippen LogP contribution is 2.26. The van der Waals surface area contributed by atoms with Gasteiger partial charge in [-0.1, -0.05) is 17.4 Å². The van der Waals surface area contributed by atoms with Crippen molar-refractivity contribution < 1.29 is 4.79 Å². The first-order chi connectivity index (χ1) is 10.1. The van der Waals surface area contributed by atoms with Crippen LogP contribution in [0.15, 0.2) is 24.3 Å². The highest BCUT2D eigenvalue weighted by molar-refractivity contribution is 7.22. The molecule has 1 N–H and O–H groups in total. The number of amides is 1. The third-order valence-corrected chi connectivity index (χ3v) is 4.21. The molecule has 6 heteroatoms. The maximum absolute atomic E-state index is 12.2. The van der Waals surface area contributed by atoms with Gasteiger partial charge in [0.1, 0.15) is 0 Å². The molecule has 0 saturated heterocycles. The number of aromatic nitrogens is 3. The molecule has 0 atom stereocenters. The maximum Gasteiger partial charge on any atom is 0.277 e. The van der Waals surface area contributed by atoms with Crippen LogP contribution in [0.2, 0.25) is 0 Å². The van der Waals surface area contributed by atoms with Crippen LogP contribution in [0.25, 0.3) is 10.2 Å². The monoisotopic (exact) mass is 300 g/mol. The van der Waals surface area contributed by atoms with E-state index in [1.54, 1.807) is 10.7 Å². The summed E-state index contributed by atoms with van der Waals surface area (Å²) in [5, 5.41) is 7.70. The molecule has 0 bridgehead atoms. The van der Waals surface area contributed by atoms with Crippen LogP contribution in [0, 0.1) is 13.8 Å². The molecule has 0 fully saturated rings. The van der Waals surface area contributed by atoms with Crippen molar-refractivity contribution in [3.05, 3.63) is 41.2 Å². The molecular weight excluding hydrogens is 284 g/mol. The molecule has 21 heavy (non-hydrogen) atoms. The molecular formula is C15H16N4OS. The number of hydrogen-bond acceptors (Lipinski definition) is 4. The summed E-state index contributed by atoms with van der Waals surface area (Å²) >= 11 is 1.47. The van der Waals surface area contributed by atoms with Gasteiger partial charge in [-0.2, -0.15) is 5.10 Å². The molecule has 2 heterocycles. The Kier molecular flexibility index (Phi) is 3.47. The van der Waals surface area contributed by atoms with Gasteiger partial charge in [0.15, 0.2) is 10.8 Å². The molecule has 108 valence electrons. The van der Waals surface area contributed by atoms with E-state index in [0.29, 0.717) is 10.8 Å². The van der Waals surface area contributed by atoms with Crippen LogP contribution >= 0.6 is 11.3 Å². The lowest BCUT2D eigenvalue weighted by molar-refractivity contribution is 0.102. The lowest BCUT2D eigenvalue weighted by Gasteiger charge is -1.98. The summed E-state index contributed by atoms with van der Waals surface area (Å²) in [5.74, 6) is -0.221.